The molecular weight excluding hydrogens is 510 g/mol. The number of rotatable bonds is 5. The summed E-state index contributed by atoms with van der Waals surface area (Å²) in [5.74, 6) is -0.557. The fraction of sp³-hybridized carbons (Fsp3) is 0.290. The molecule has 0 amide bonds. The molecule has 4 aromatic rings. The van der Waals surface area contributed by atoms with E-state index in [1.807, 2.05) is 48.5 Å². The maximum atomic E-state index is 13.5. The summed E-state index contributed by atoms with van der Waals surface area (Å²) in [6, 6.07) is 17.1. The molecule has 0 atom stereocenters. The quantitative estimate of drug-likeness (QED) is 0.205. The zero-order valence-corrected chi connectivity index (χ0v) is 22.4. The fourth-order valence-corrected chi connectivity index (χ4v) is 5.45. The van der Waals surface area contributed by atoms with Crippen molar-refractivity contribution in [2.75, 3.05) is 37.8 Å². The summed E-state index contributed by atoms with van der Waals surface area (Å²) in [7, 11) is 0. The number of hydrogen-bond donors (Lipinski definition) is 0. The van der Waals surface area contributed by atoms with Crippen LogP contribution in [-0.4, -0.2) is 60.7 Å². The van der Waals surface area contributed by atoms with E-state index < -0.39 is 5.97 Å². The van der Waals surface area contributed by atoms with Gasteiger partial charge in [-0.25, -0.2) is 4.79 Å². The van der Waals surface area contributed by atoms with E-state index in [1.165, 1.54) is 6.92 Å². The summed E-state index contributed by atoms with van der Waals surface area (Å²) in [4.78, 5) is 45.1. The third kappa shape index (κ3) is 4.62. The normalized spacial score (nSPS) is 16.6. The summed E-state index contributed by atoms with van der Waals surface area (Å²) in [5, 5.41) is 5.47. The summed E-state index contributed by atoms with van der Waals surface area (Å²) in [5.41, 5.74) is 4.59. The molecular formula is C31H29N3O6. The van der Waals surface area contributed by atoms with Gasteiger partial charge >= 0.3 is 5.97 Å². The van der Waals surface area contributed by atoms with E-state index in [2.05, 4.69) is 21.5 Å². The standard InChI is InChI=1S/C31H29N3O6/c1-3-34-27-9-6-21(30(36)20-4-7-22(8-5-20)33-11-14-38-15-12-33)16-23(27)24-17-25-29(18-28(24)34)39-13-10-26(31(25)37)32-40-19(2)35/h4-9,16-18H,3,10-15H2,1-2H3/b32-26+. The Balaban J connectivity index is 1.40. The fourth-order valence-electron chi connectivity index (χ4n) is 5.45. The predicted octanol–water partition coefficient (Wildman–Crippen LogP) is 4.77. The van der Waals surface area contributed by atoms with E-state index in [-0.39, 0.29) is 30.3 Å². The average molecular weight is 540 g/mol. The molecule has 2 aliphatic heterocycles. The first-order valence-electron chi connectivity index (χ1n) is 13.4. The van der Waals surface area contributed by atoms with Crippen LogP contribution in [0.15, 0.2) is 59.8 Å². The Labute approximate surface area is 230 Å². The van der Waals surface area contributed by atoms with Crippen LogP contribution in [0.4, 0.5) is 5.69 Å². The number of anilines is 1. The van der Waals surface area contributed by atoms with E-state index in [9.17, 15) is 14.4 Å². The summed E-state index contributed by atoms with van der Waals surface area (Å²) >= 11 is 0. The largest absolute Gasteiger partial charge is 0.492 e. The second-order valence-electron chi connectivity index (χ2n) is 9.87. The number of aromatic nitrogens is 1. The first kappa shape index (κ1) is 25.8. The first-order chi connectivity index (χ1) is 19.4. The molecule has 9 heteroatoms. The Morgan fingerprint density at radius 1 is 0.925 bits per heavy atom. The predicted molar refractivity (Wildman–Crippen MR) is 152 cm³/mol. The molecule has 0 saturated carbocycles. The molecule has 1 saturated heterocycles. The maximum absolute atomic E-state index is 13.5. The van der Waals surface area contributed by atoms with Gasteiger partial charge in [0.2, 0.25) is 5.78 Å². The SMILES string of the molecule is CCn1c2ccc(C(=O)c3ccc(N4CCOCC4)cc3)cc2c2cc3c(cc21)OCC/C(=N\OC(C)=O)C3=O. The number of ether oxygens (including phenoxy) is 2. The van der Waals surface area contributed by atoms with Crippen LogP contribution in [0.2, 0.25) is 0 Å². The van der Waals surface area contributed by atoms with E-state index in [4.69, 9.17) is 14.3 Å². The van der Waals surface area contributed by atoms with Crippen LogP contribution in [0.5, 0.6) is 5.75 Å². The van der Waals surface area contributed by atoms with Crippen LogP contribution >= 0.6 is 0 Å². The van der Waals surface area contributed by atoms with Crippen molar-refractivity contribution in [2.24, 2.45) is 5.16 Å². The smallest absolute Gasteiger partial charge is 0.331 e. The molecule has 0 bridgehead atoms. The zero-order valence-electron chi connectivity index (χ0n) is 22.4. The highest BCUT2D eigenvalue weighted by Gasteiger charge is 2.26. The van der Waals surface area contributed by atoms with Crippen molar-refractivity contribution in [3.8, 4) is 5.75 Å². The molecule has 0 spiro atoms. The van der Waals surface area contributed by atoms with Gasteiger partial charge in [0, 0.05) is 72.1 Å². The van der Waals surface area contributed by atoms with Gasteiger partial charge in [0.15, 0.2) is 5.78 Å². The lowest BCUT2D eigenvalue weighted by molar-refractivity contribution is -0.140. The molecule has 0 unspecified atom stereocenters. The first-order valence-corrected chi connectivity index (χ1v) is 13.4. The zero-order chi connectivity index (χ0) is 27.8. The molecule has 40 heavy (non-hydrogen) atoms. The number of aryl methyl sites for hydroxylation is 1. The van der Waals surface area contributed by atoms with Gasteiger partial charge in [0.05, 0.1) is 30.9 Å². The number of oxime groups is 1. The van der Waals surface area contributed by atoms with E-state index in [0.717, 1.165) is 40.6 Å². The summed E-state index contributed by atoms with van der Waals surface area (Å²) < 4.78 is 13.5. The van der Waals surface area contributed by atoms with Crippen LogP contribution in [-0.2, 0) is 20.9 Å². The van der Waals surface area contributed by atoms with Crippen molar-refractivity contribution in [1.29, 1.82) is 0 Å². The Hall–Kier alpha value is -4.50. The maximum Gasteiger partial charge on any atom is 0.331 e. The number of Topliss-reactive ketones (excluding diaryl/α,β-unsaturated/α-hetero) is 1. The number of nitrogens with zero attached hydrogens (tertiary/aromatic N) is 3. The van der Waals surface area contributed by atoms with Crippen molar-refractivity contribution in [1.82, 2.24) is 4.57 Å². The van der Waals surface area contributed by atoms with Crippen molar-refractivity contribution < 1.29 is 28.7 Å². The van der Waals surface area contributed by atoms with Crippen molar-refractivity contribution in [3.05, 3.63) is 71.3 Å². The van der Waals surface area contributed by atoms with E-state index >= 15 is 0 Å². The average Bonchev–Trinajstić information content (AvgIpc) is 3.20. The lowest BCUT2D eigenvalue weighted by atomic mass is 9.99. The van der Waals surface area contributed by atoms with E-state index in [1.54, 1.807) is 6.07 Å². The van der Waals surface area contributed by atoms with Crippen LogP contribution in [0.25, 0.3) is 21.8 Å². The molecule has 2 aliphatic rings. The van der Waals surface area contributed by atoms with Gasteiger partial charge in [-0.2, -0.15) is 0 Å². The monoisotopic (exact) mass is 539 g/mol. The minimum Gasteiger partial charge on any atom is -0.492 e. The van der Waals surface area contributed by atoms with Gasteiger partial charge in [-0.05, 0) is 55.5 Å². The summed E-state index contributed by atoms with van der Waals surface area (Å²) in [6.45, 7) is 7.29. The Morgan fingerprint density at radius 2 is 1.65 bits per heavy atom. The molecule has 3 aromatic carbocycles. The van der Waals surface area contributed by atoms with Crippen LogP contribution in [0.3, 0.4) is 0 Å². The number of hydrogen-bond acceptors (Lipinski definition) is 8. The van der Waals surface area contributed by atoms with Crippen LogP contribution in [0, 0.1) is 0 Å². The topological polar surface area (TPSA) is 99.4 Å². The molecule has 204 valence electrons. The minimum atomic E-state index is -0.597. The van der Waals surface area contributed by atoms with Gasteiger partial charge in [-0.15, -0.1) is 0 Å². The van der Waals surface area contributed by atoms with Gasteiger partial charge in [0.1, 0.15) is 11.5 Å². The molecule has 0 N–H and O–H groups in total. The van der Waals surface area contributed by atoms with Crippen molar-refractivity contribution >= 4 is 50.7 Å². The molecule has 1 fully saturated rings. The third-order valence-electron chi connectivity index (χ3n) is 7.44. The second kappa shape index (κ2) is 10.6. The second-order valence-corrected chi connectivity index (χ2v) is 9.87. The van der Waals surface area contributed by atoms with Crippen LogP contribution in [0.1, 0.15) is 46.5 Å². The minimum absolute atomic E-state index is 0.0715. The van der Waals surface area contributed by atoms with Crippen molar-refractivity contribution in [3.63, 3.8) is 0 Å². The number of benzene rings is 3. The number of ketones is 2. The molecule has 3 heterocycles. The molecule has 1 aromatic heterocycles. The third-order valence-corrected chi connectivity index (χ3v) is 7.44. The van der Waals surface area contributed by atoms with Gasteiger partial charge < -0.3 is 23.8 Å². The Bertz CT molecular complexity index is 1680. The van der Waals surface area contributed by atoms with Crippen LogP contribution < -0.4 is 9.64 Å². The summed E-state index contributed by atoms with van der Waals surface area (Å²) in [6.07, 6.45) is 0.225. The molecule has 6 rings (SSSR count). The Morgan fingerprint density at radius 3 is 2.38 bits per heavy atom. The van der Waals surface area contributed by atoms with Gasteiger partial charge in [0.25, 0.3) is 0 Å². The lowest BCUT2D eigenvalue weighted by Gasteiger charge is -2.28. The lowest BCUT2D eigenvalue weighted by Crippen LogP contribution is -2.36. The highest BCUT2D eigenvalue weighted by Crippen LogP contribution is 2.36. The number of morpholine rings is 1. The number of fused-ring (bicyclic) bond motifs is 4. The Kier molecular flexibility index (Phi) is 6.81. The van der Waals surface area contributed by atoms with Gasteiger partial charge in [-0.1, -0.05) is 5.16 Å². The van der Waals surface area contributed by atoms with E-state index in [0.29, 0.717) is 42.2 Å². The number of carbonyl (C=O) groups is 3. The highest BCUT2D eigenvalue weighted by atomic mass is 16.7. The number of carbonyl (C=O) groups excluding carboxylic acids is 3. The molecule has 0 aliphatic carbocycles. The molecule has 0 radical (unpaired) electrons. The van der Waals surface area contributed by atoms with Crippen molar-refractivity contribution in [2.45, 2.75) is 26.8 Å². The highest BCUT2D eigenvalue weighted by molar-refractivity contribution is 6.47. The molecule has 9 nitrogen and oxygen atoms in total. The van der Waals surface area contributed by atoms with Gasteiger partial charge in [-0.3, -0.25) is 9.59 Å².